The van der Waals surface area contributed by atoms with E-state index in [4.69, 9.17) is 19.3 Å². The van der Waals surface area contributed by atoms with Gasteiger partial charge in [-0.2, -0.15) is 0 Å². The number of aliphatic carboxylic acids is 1. The molecule has 0 aliphatic heterocycles. The Morgan fingerprint density at radius 3 is 2.83 bits per heavy atom. The maximum absolute atomic E-state index is 10.9. The first-order valence-corrected chi connectivity index (χ1v) is 5.72. The highest BCUT2D eigenvalue weighted by atomic mass is 16.5. The number of carbonyl (C=O) groups is 1. The number of ether oxygens (including phenoxy) is 3. The predicted octanol–water partition coefficient (Wildman–Crippen LogP) is 1.70. The molecule has 0 fully saturated rings. The number of hydrogen-bond acceptors (Lipinski definition) is 4. The lowest BCUT2D eigenvalue weighted by molar-refractivity contribution is -0.152. The topological polar surface area (TPSA) is 65.0 Å². The van der Waals surface area contributed by atoms with Crippen LogP contribution in [0.25, 0.3) is 0 Å². The second-order valence-electron chi connectivity index (χ2n) is 3.67. The maximum Gasteiger partial charge on any atom is 0.336 e. The van der Waals surface area contributed by atoms with Crippen LogP contribution in [0.15, 0.2) is 24.3 Å². The Morgan fingerprint density at radius 2 is 2.22 bits per heavy atom. The largest absolute Gasteiger partial charge is 0.490 e. The van der Waals surface area contributed by atoms with Gasteiger partial charge in [0.2, 0.25) is 0 Å². The molecule has 1 N–H and O–H groups in total. The van der Waals surface area contributed by atoms with Gasteiger partial charge in [-0.15, -0.1) is 0 Å². The smallest absolute Gasteiger partial charge is 0.336 e. The van der Waals surface area contributed by atoms with E-state index in [0.29, 0.717) is 19.0 Å². The molecule has 1 rings (SSSR count). The predicted molar refractivity (Wildman–Crippen MR) is 65.7 cm³/mol. The van der Waals surface area contributed by atoms with Crippen LogP contribution < -0.4 is 4.74 Å². The van der Waals surface area contributed by atoms with Crippen LogP contribution in [-0.4, -0.2) is 37.5 Å². The van der Waals surface area contributed by atoms with Crippen molar-refractivity contribution in [3.05, 3.63) is 29.8 Å². The van der Waals surface area contributed by atoms with Crippen LogP contribution in [0.2, 0.25) is 0 Å². The van der Waals surface area contributed by atoms with Gasteiger partial charge in [-0.3, -0.25) is 0 Å². The third-order valence-electron chi connectivity index (χ3n) is 2.25. The van der Waals surface area contributed by atoms with E-state index in [1.54, 1.807) is 20.1 Å². The molecule has 0 spiro atoms. The molecular weight excluding hydrogens is 236 g/mol. The minimum absolute atomic E-state index is 0.0143. The lowest BCUT2D eigenvalue weighted by Crippen LogP contribution is -2.30. The second kappa shape index (κ2) is 7.68. The highest BCUT2D eigenvalue weighted by Gasteiger charge is 2.18. The lowest BCUT2D eigenvalue weighted by atomic mass is 10.2. The molecule has 0 bridgehead atoms. The molecule has 0 aliphatic rings. The molecule has 0 amide bonds. The summed E-state index contributed by atoms with van der Waals surface area (Å²) in [7, 11) is 1.61. The third kappa shape index (κ3) is 4.73. The van der Waals surface area contributed by atoms with E-state index < -0.39 is 12.1 Å². The Kier molecular flexibility index (Phi) is 6.18. The van der Waals surface area contributed by atoms with Crippen LogP contribution in [0.3, 0.4) is 0 Å². The summed E-state index contributed by atoms with van der Waals surface area (Å²) in [4.78, 5) is 10.9. The SMILES string of the molecule is CCOC(COc1cccc(COC)c1)C(=O)O. The van der Waals surface area contributed by atoms with Crippen molar-refractivity contribution in [2.45, 2.75) is 19.6 Å². The molecule has 0 radical (unpaired) electrons. The van der Waals surface area contributed by atoms with Gasteiger partial charge in [-0.1, -0.05) is 12.1 Å². The third-order valence-corrected chi connectivity index (χ3v) is 2.25. The van der Waals surface area contributed by atoms with Crippen LogP contribution in [0.5, 0.6) is 5.75 Å². The van der Waals surface area contributed by atoms with Crippen molar-refractivity contribution >= 4 is 5.97 Å². The number of methoxy groups -OCH3 is 1. The fourth-order valence-electron chi connectivity index (χ4n) is 1.46. The second-order valence-corrected chi connectivity index (χ2v) is 3.67. The van der Waals surface area contributed by atoms with Crippen molar-refractivity contribution in [3.8, 4) is 5.75 Å². The minimum Gasteiger partial charge on any atom is -0.490 e. The first kappa shape index (κ1) is 14.5. The summed E-state index contributed by atoms with van der Waals surface area (Å²) < 4.78 is 15.5. The van der Waals surface area contributed by atoms with Crippen molar-refractivity contribution in [2.75, 3.05) is 20.3 Å². The van der Waals surface area contributed by atoms with Crippen LogP contribution in [0.1, 0.15) is 12.5 Å². The van der Waals surface area contributed by atoms with Gasteiger partial charge in [0, 0.05) is 13.7 Å². The summed E-state index contributed by atoms with van der Waals surface area (Å²) in [6.07, 6.45) is -0.943. The van der Waals surface area contributed by atoms with Gasteiger partial charge < -0.3 is 19.3 Å². The van der Waals surface area contributed by atoms with Crippen LogP contribution in [0, 0.1) is 0 Å². The van der Waals surface area contributed by atoms with E-state index in [-0.39, 0.29) is 6.61 Å². The van der Waals surface area contributed by atoms with Gasteiger partial charge >= 0.3 is 5.97 Å². The summed E-state index contributed by atoms with van der Waals surface area (Å²) in [5, 5.41) is 8.90. The molecule has 100 valence electrons. The van der Waals surface area contributed by atoms with E-state index >= 15 is 0 Å². The van der Waals surface area contributed by atoms with Crippen molar-refractivity contribution in [3.63, 3.8) is 0 Å². The van der Waals surface area contributed by atoms with Crippen molar-refractivity contribution in [1.29, 1.82) is 0 Å². The van der Waals surface area contributed by atoms with Gasteiger partial charge in [0.1, 0.15) is 12.4 Å². The standard InChI is InChI=1S/C13H18O5/c1-3-17-12(13(14)15)9-18-11-6-4-5-10(7-11)8-16-2/h4-7,12H,3,8-9H2,1-2H3,(H,14,15). The first-order chi connectivity index (χ1) is 8.67. The van der Waals surface area contributed by atoms with Crippen LogP contribution in [-0.2, 0) is 20.9 Å². The highest BCUT2D eigenvalue weighted by Crippen LogP contribution is 2.14. The molecule has 5 heteroatoms. The summed E-state index contributed by atoms with van der Waals surface area (Å²) in [6.45, 7) is 2.56. The molecular formula is C13H18O5. The Labute approximate surface area is 106 Å². The zero-order chi connectivity index (χ0) is 13.4. The van der Waals surface area contributed by atoms with Gasteiger partial charge in [-0.25, -0.2) is 4.79 Å². The zero-order valence-electron chi connectivity index (χ0n) is 10.6. The number of rotatable bonds is 8. The average molecular weight is 254 g/mol. The zero-order valence-corrected chi connectivity index (χ0v) is 10.6. The molecule has 18 heavy (non-hydrogen) atoms. The average Bonchev–Trinajstić information content (AvgIpc) is 2.35. The Balaban J connectivity index is 2.55. The molecule has 0 heterocycles. The van der Waals surface area contributed by atoms with Crippen molar-refractivity contribution < 1.29 is 24.1 Å². The van der Waals surface area contributed by atoms with Crippen LogP contribution >= 0.6 is 0 Å². The van der Waals surface area contributed by atoms with Gasteiger partial charge in [-0.05, 0) is 24.6 Å². The van der Waals surface area contributed by atoms with Crippen molar-refractivity contribution in [1.82, 2.24) is 0 Å². The Bertz CT molecular complexity index is 377. The highest BCUT2D eigenvalue weighted by molar-refractivity contribution is 5.72. The molecule has 0 saturated heterocycles. The summed E-state index contributed by atoms with van der Waals surface area (Å²) in [5.74, 6) is -0.416. The number of carboxylic acid groups (broad SMARTS) is 1. The van der Waals surface area contributed by atoms with E-state index in [2.05, 4.69) is 0 Å². The maximum atomic E-state index is 10.9. The Morgan fingerprint density at radius 1 is 1.44 bits per heavy atom. The van der Waals surface area contributed by atoms with E-state index in [9.17, 15) is 4.79 Å². The number of carboxylic acids is 1. The first-order valence-electron chi connectivity index (χ1n) is 5.72. The quantitative estimate of drug-likeness (QED) is 0.765. The van der Waals surface area contributed by atoms with E-state index in [0.717, 1.165) is 5.56 Å². The minimum atomic E-state index is -1.02. The van der Waals surface area contributed by atoms with Crippen molar-refractivity contribution in [2.24, 2.45) is 0 Å². The summed E-state index contributed by atoms with van der Waals surface area (Å²) >= 11 is 0. The molecule has 0 saturated carbocycles. The molecule has 0 aliphatic carbocycles. The molecule has 1 unspecified atom stereocenters. The summed E-state index contributed by atoms with van der Waals surface area (Å²) in [5.41, 5.74) is 0.971. The molecule has 1 aromatic carbocycles. The molecule has 0 aromatic heterocycles. The summed E-state index contributed by atoms with van der Waals surface area (Å²) in [6, 6.07) is 7.33. The normalized spacial score (nSPS) is 12.1. The van der Waals surface area contributed by atoms with Gasteiger partial charge in [0.05, 0.1) is 6.61 Å². The van der Waals surface area contributed by atoms with E-state index in [1.807, 2.05) is 18.2 Å². The molecule has 1 aromatic rings. The molecule has 5 nitrogen and oxygen atoms in total. The number of hydrogen-bond donors (Lipinski definition) is 1. The van der Waals surface area contributed by atoms with Gasteiger partial charge in [0.25, 0.3) is 0 Å². The number of benzene rings is 1. The van der Waals surface area contributed by atoms with E-state index in [1.165, 1.54) is 0 Å². The monoisotopic (exact) mass is 254 g/mol. The molecule has 1 atom stereocenters. The fourth-order valence-corrected chi connectivity index (χ4v) is 1.46. The fraction of sp³-hybridized carbons (Fsp3) is 0.462. The lowest BCUT2D eigenvalue weighted by Gasteiger charge is -2.14. The van der Waals surface area contributed by atoms with Gasteiger partial charge in [0.15, 0.2) is 6.10 Å². The van der Waals surface area contributed by atoms with Crippen LogP contribution in [0.4, 0.5) is 0 Å². The Hall–Kier alpha value is -1.59.